The van der Waals surface area contributed by atoms with Gasteiger partial charge in [0, 0.05) is 5.70 Å². The van der Waals surface area contributed by atoms with Gasteiger partial charge in [0.05, 0.1) is 4.22 Å². The fraction of sp³-hybridized carbons (Fsp3) is 0.400. The van der Waals surface area contributed by atoms with Gasteiger partial charge < -0.3 is 0 Å². The Morgan fingerprint density at radius 3 is 2.25 bits per heavy atom. The molecule has 0 bridgehead atoms. The number of allylic oxidation sites excluding steroid dienone is 2. The molecule has 0 aliphatic heterocycles. The van der Waals surface area contributed by atoms with Crippen molar-refractivity contribution in [3.8, 4) is 0 Å². The van der Waals surface area contributed by atoms with E-state index in [0.29, 0.717) is 0 Å². The van der Waals surface area contributed by atoms with Crippen molar-refractivity contribution in [3.63, 3.8) is 0 Å². The number of rotatable bonds is 1. The van der Waals surface area contributed by atoms with Crippen molar-refractivity contribution in [1.29, 1.82) is 0 Å². The molecule has 0 aromatic heterocycles. The van der Waals surface area contributed by atoms with E-state index in [-0.39, 0.29) is 0 Å². The van der Waals surface area contributed by atoms with Crippen molar-refractivity contribution in [2.45, 2.75) is 13.8 Å². The second kappa shape index (κ2) is 4.38. The monoisotopic (exact) mass is 241 g/mol. The van der Waals surface area contributed by atoms with Crippen LogP contribution >= 0.6 is 35.2 Å². The van der Waals surface area contributed by atoms with E-state index in [0.717, 1.165) is 10.6 Å². The quantitative estimate of drug-likeness (QED) is 0.411. The van der Waals surface area contributed by atoms with Crippen molar-refractivity contribution in [1.82, 2.24) is 0 Å². The lowest BCUT2D eigenvalue weighted by Gasteiger charge is -1.89. The van der Waals surface area contributed by atoms with Crippen LogP contribution in [0.2, 0.25) is 0 Å². The molecular formula is C5H8INS. The van der Waals surface area contributed by atoms with Gasteiger partial charge in [0.15, 0.2) is 0 Å². The van der Waals surface area contributed by atoms with Crippen molar-refractivity contribution in [3.05, 3.63) is 10.6 Å². The van der Waals surface area contributed by atoms with Crippen molar-refractivity contribution in [2.24, 2.45) is 4.99 Å². The third kappa shape index (κ3) is 3.49. The summed E-state index contributed by atoms with van der Waals surface area (Å²) >= 11 is 6.17. The van der Waals surface area contributed by atoms with Gasteiger partial charge >= 0.3 is 0 Å². The molecule has 0 rings (SSSR count). The van der Waals surface area contributed by atoms with E-state index in [1.165, 1.54) is 0 Å². The molecule has 0 aromatic carbocycles. The molecule has 1 nitrogen and oxygen atoms in total. The maximum atomic E-state index is 4.09. The first-order chi connectivity index (χ1) is 3.68. The molecule has 8 heavy (non-hydrogen) atoms. The van der Waals surface area contributed by atoms with Gasteiger partial charge in [0.2, 0.25) is 0 Å². The van der Waals surface area contributed by atoms with Gasteiger partial charge in [-0.25, -0.2) is 0 Å². The average molecular weight is 241 g/mol. The van der Waals surface area contributed by atoms with E-state index in [4.69, 9.17) is 0 Å². The van der Waals surface area contributed by atoms with Gasteiger partial charge in [0.25, 0.3) is 0 Å². The van der Waals surface area contributed by atoms with Gasteiger partial charge in [-0.1, -0.05) is 0 Å². The molecular weight excluding hydrogens is 233 g/mol. The zero-order valence-corrected chi connectivity index (χ0v) is 7.90. The number of halogens is 1. The largest absolute Gasteiger partial charge is 0.254 e. The highest BCUT2D eigenvalue weighted by Gasteiger charge is 1.83. The summed E-state index contributed by atoms with van der Waals surface area (Å²) in [5.41, 5.74) is 0.975. The van der Waals surface area contributed by atoms with E-state index >= 15 is 0 Å². The molecule has 0 amide bonds. The number of thiol groups is 1. The molecule has 0 radical (unpaired) electrons. The van der Waals surface area contributed by atoms with Gasteiger partial charge in [-0.3, -0.25) is 4.99 Å². The normalized spacial score (nSPS) is 14.5. The molecule has 0 aromatic rings. The van der Waals surface area contributed by atoms with Gasteiger partial charge in [-0.2, -0.15) is 0 Å². The van der Waals surface area contributed by atoms with Crippen LogP contribution in [-0.2, 0) is 0 Å². The van der Waals surface area contributed by atoms with Crippen LogP contribution in [0.25, 0.3) is 0 Å². The highest BCUT2D eigenvalue weighted by atomic mass is 127. The Labute approximate surface area is 68.8 Å². The Balaban J connectivity index is 4.00. The molecule has 0 saturated heterocycles. The highest BCUT2D eigenvalue weighted by molar-refractivity contribution is 14.1. The molecule has 0 spiro atoms. The summed E-state index contributed by atoms with van der Waals surface area (Å²) in [5.74, 6) is 0. The van der Waals surface area contributed by atoms with Crippen LogP contribution in [0.15, 0.2) is 15.6 Å². The molecule has 0 fully saturated rings. The Hall–Kier alpha value is 0.490. The van der Waals surface area contributed by atoms with Gasteiger partial charge in [-0.05, 0) is 41.3 Å². The van der Waals surface area contributed by atoms with Crippen molar-refractivity contribution < 1.29 is 0 Å². The van der Waals surface area contributed by atoms with Crippen LogP contribution in [0, 0.1) is 0 Å². The number of aliphatic imine (C=N–C) groups is 1. The minimum absolute atomic E-state index is 0.970. The molecule has 0 atom stereocenters. The van der Waals surface area contributed by atoms with E-state index in [1.54, 1.807) is 4.22 Å². The van der Waals surface area contributed by atoms with Crippen LogP contribution in [0.1, 0.15) is 13.8 Å². The lowest BCUT2D eigenvalue weighted by atomic mass is 10.5. The molecule has 3 heteroatoms. The summed E-state index contributed by atoms with van der Waals surface area (Å²) in [6, 6.07) is 0. The molecule has 0 N–H and O–H groups in total. The van der Waals surface area contributed by atoms with Crippen LogP contribution < -0.4 is 0 Å². The predicted octanol–water partition coefficient (Wildman–Crippen LogP) is 2.63. The standard InChI is InChI=1S/C5H8INS/c1-4(5(2)8)7-3-6/h3,8H,1-2H3/b5-4-,7-3?. The van der Waals surface area contributed by atoms with Crippen LogP contribution in [-0.4, -0.2) is 4.22 Å². The minimum Gasteiger partial charge on any atom is -0.254 e. The summed E-state index contributed by atoms with van der Waals surface area (Å²) in [7, 11) is 0. The fourth-order valence-corrected chi connectivity index (χ4v) is 0.642. The first-order valence-electron chi connectivity index (χ1n) is 2.17. The second-order valence-corrected chi connectivity index (χ2v) is 2.63. The Morgan fingerprint density at radius 2 is 2.12 bits per heavy atom. The van der Waals surface area contributed by atoms with Gasteiger partial charge in [0.1, 0.15) is 0 Å². The summed E-state index contributed by atoms with van der Waals surface area (Å²) in [4.78, 5) is 4.96. The third-order valence-electron chi connectivity index (χ3n) is 0.766. The molecule has 0 aliphatic carbocycles. The zero-order chi connectivity index (χ0) is 6.57. The summed E-state index contributed by atoms with van der Waals surface area (Å²) in [5, 5.41) is 0. The highest BCUT2D eigenvalue weighted by Crippen LogP contribution is 2.07. The third-order valence-corrected chi connectivity index (χ3v) is 1.37. The average Bonchev–Trinajstić information content (AvgIpc) is 1.67. The Morgan fingerprint density at radius 1 is 1.62 bits per heavy atom. The van der Waals surface area contributed by atoms with Crippen LogP contribution in [0.5, 0.6) is 0 Å². The van der Waals surface area contributed by atoms with E-state index in [2.05, 4.69) is 40.2 Å². The minimum atomic E-state index is 0.970. The fourth-order valence-electron chi connectivity index (χ4n) is 0.167. The topological polar surface area (TPSA) is 12.4 Å². The number of hydrogen-bond donors (Lipinski definition) is 1. The molecule has 0 aliphatic rings. The Bertz CT molecular complexity index is 124. The van der Waals surface area contributed by atoms with E-state index in [9.17, 15) is 0 Å². The van der Waals surface area contributed by atoms with Gasteiger partial charge in [-0.15, -0.1) is 12.6 Å². The predicted molar refractivity (Wildman–Crippen MR) is 49.9 cm³/mol. The molecule has 0 heterocycles. The summed E-state index contributed by atoms with van der Waals surface area (Å²) < 4.78 is 1.73. The smallest absolute Gasteiger partial charge is 0.0654 e. The van der Waals surface area contributed by atoms with E-state index < -0.39 is 0 Å². The zero-order valence-electron chi connectivity index (χ0n) is 4.85. The van der Waals surface area contributed by atoms with Crippen LogP contribution in [0.4, 0.5) is 0 Å². The number of nitrogens with zero attached hydrogens (tertiary/aromatic N) is 1. The second-order valence-electron chi connectivity index (χ2n) is 1.40. The number of hydrogen-bond acceptors (Lipinski definition) is 2. The lowest BCUT2D eigenvalue weighted by Crippen LogP contribution is -1.69. The maximum Gasteiger partial charge on any atom is 0.0654 e. The van der Waals surface area contributed by atoms with Crippen LogP contribution in [0.3, 0.4) is 0 Å². The summed E-state index contributed by atoms with van der Waals surface area (Å²) in [6.45, 7) is 3.85. The molecule has 0 unspecified atom stereocenters. The first-order valence-corrected chi connectivity index (χ1v) is 3.87. The van der Waals surface area contributed by atoms with Crippen molar-refractivity contribution in [2.75, 3.05) is 0 Å². The lowest BCUT2D eigenvalue weighted by molar-refractivity contribution is 1.29. The molecule has 0 saturated carbocycles. The van der Waals surface area contributed by atoms with Crippen molar-refractivity contribution >= 4 is 39.4 Å². The molecule has 46 valence electrons. The first kappa shape index (κ1) is 8.49. The summed E-state index contributed by atoms with van der Waals surface area (Å²) in [6.07, 6.45) is 0. The SMILES string of the molecule is C/C(S)=C(\C)N=CI. The Kier molecular flexibility index (Phi) is 4.64. The van der Waals surface area contributed by atoms with E-state index in [1.807, 2.05) is 13.8 Å². The maximum absolute atomic E-state index is 4.09.